The van der Waals surface area contributed by atoms with Gasteiger partial charge in [-0.1, -0.05) is 23.7 Å². The molecule has 31 heavy (non-hydrogen) atoms. The van der Waals surface area contributed by atoms with Crippen LogP contribution in [0.15, 0.2) is 59.2 Å². The Labute approximate surface area is 193 Å². The van der Waals surface area contributed by atoms with Gasteiger partial charge >= 0.3 is 0 Å². The van der Waals surface area contributed by atoms with Crippen molar-refractivity contribution in [3.63, 3.8) is 0 Å². The second-order valence-electron chi connectivity index (χ2n) is 7.29. The molecule has 3 aromatic rings. The van der Waals surface area contributed by atoms with E-state index >= 15 is 0 Å². The number of carbonyl (C=O) groups excluding carboxylic acids is 1. The molecule has 1 aromatic heterocycles. The summed E-state index contributed by atoms with van der Waals surface area (Å²) in [4.78, 5) is 16.8. The molecule has 0 bridgehead atoms. The first-order valence-electron chi connectivity index (χ1n) is 9.85. The van der Waals surface area contributed by atoms with E-state index in [2.05, 4.69) is 25.9 Å². The molecule has 1 fully saturated rings. The number of ether oxygens (including phenoxy) is 1. The number of piperazine rings is 1. The normalized spacial score (nSPS) is 14.6. The summed E-state index contributed by atoms with van der Waals surface area (Å²) in [5.41, 5.74) is 1.32. The van der Waals surface area contributed by atoms with Gasteiger partial charge in [-0.05, 0) is 57.9 Å². The Morgan fingerprint density at radius 1 is 1.13 bits per heavy atom. The van der Waals surface area contributed by atoms with Gasteiger partial charge in [-0.15, -0.1) is 0 Å². The lowest BCUT2D eigenvalue weighted by molar-refractivity contribution is 0.0620. The first kappa shape index (κ1) is 21.8. The van der Waals surface area contributed by atoms with Gasteiger partial charge in [0, 0.05) is 43.9 Å². The molecule has 9 heteroatoms. The van der Waals surface area contributed by atoms with Crippen LogP contribution in [0.5, 0.6) is 5.75 Å². The summed E-state index contributed by atoms with van der Waals surface area (Å²) in [6.07, 6.45) is 1.72. The fourth-order valence-corrected chi connectivity index (χ4v) is 4.24. The largest absolute Gasteiger partial charge is 0.470 e. The van der Waals surface area contributed by atoms with E-state index in [0.717, 1.165) is 23.1 Å². The van der Waals surface area contributed by atoms with Crippen molar-refractivity contribution < 1.29 is 13.9 Å². The van der Waals surface area contributed by atoms with E-state index in [1.54, 1.807) is 52.2 Å². The van der Waals surface area contributed by atoms with Crippen LogP contribution in [0.4, 0.5) is 4.39 Å². The summed E-state index contributed by atoms with van der Waals surface area (Å²) in [6.45, 7) is 3.53. The molecule has 0 spiro atoms. The summed E-state index contributed by atoms with van der Waals surface area (Å²) in [5, 5.41) is 4.96. The van der Waals surface area contributed by atoms with Gasteiger partial charge < -0.3 is 9.64 Å². The highest BCUT2D eigenvalue weighted by molar-refractivity contribution is 9.10. The summed E-state index contributed by atoms with van der Waals surface area (Å²) >= 11 is 9.35. The predicted molar refractivity (Wildman–Crippen MR) is 120 cm³/mol. The maximum Gasteiger partial charge on any atom is 0.274 e. The van der Waals surface area contributed by atoms with E-state index in [4.69, 9.17) is 16.3 Å². The number of amides is 1. The molecule has 0 atom stereocenters. The zero-order valence-electron chi connectivity index (χ0n) is 16.7. The highest BCUT2D eigenvalue weighted by Crippen LogP contribution is 2.28. The second-order valence-corrected chi connectivity index (χ2v) is 8.58. The Bertz CT molecular complexity index is 1070. The van der Waals surface area contributed by atoms with Gasteiger partial charge in [0.25, 0.3) is 5.91 Å². The van der Waals surface area contributed by atoms with Gasteiger partial charge in [0.2, 0.25) is 0 Å². The number of aromatic nitrogens is 2. The van der Waals surface area contributed by atoms with Crippen molar-refractivity contribution in [3.8, 4) is 5.75 Å². The minimum atomic E-state index is -0.228. The highest BCUT2D eigenvalue weighted by Gasteiger charge is 2.23. The van der Waals surface area contributed by atoms with Gasteiger partial charge in [0.1, 0.15) is 11.6 Å². The van der Waals surface area contributed by atoms with Crippen molar-refractivity contribution in [2.24, 2.45) is 0 Å². The van der Waals surface area contributed by atoms with Crippen LogP contribution in [-0.4, -0.2) is 51.7 Å². The third-order valence-electron chi connectivity index (χ3n) is 5.06. The Morgan fingerprint density at radius 2 is 1.94 bits per heavy atom. The Morgan fingerprint density at radius 3 is 2.68 bits per heavy atom. The Kier molecular flexibility index (Phi) is 6.89. The standard InChI is InChI=1S/C22H21BrClFN4O2/c23-19-13-17(24)4-5-21(19)31-15-29-7-6-20(26-29)22(30)28-10-8-27(9-11-28)14-16-2-1-3-18(25)12-16/h1-7,12-13H,8-11,14-15H2. The first-order valence-corrected chi connectivity index (χ1v) is 11.0. The smallest absolute Gasteiger partial charge is 0.274 e. The summed E-state index contributed by atoms with van der Waals surface area (Å²) < 4.78 is 21.4. The second kappa shape index (κ2) is 9.80. The van der Waals surface area contributed by atoms with Gasteiger partial charge in [0.05, 0.1) is 4.47 Å². The monoisotopic (exact) mass is 506 g/mol. The zero-order valence-corrected chi connectivity index (χ0v) is 19.0. The fourth-order valence-electron chi connectivity index (χ4n) is 3.44. The lowest BCUT2D eigenvalue weighted by atomic mass is 10.2. The van der Waals surface area contributed by atoms with Gasteiger partial charge in [-0.2, -0.15) is 5.10 Å². The molecule has 1 aliphatic heterocycles. The number of nitrogens with zero attached hydrogens (tertiary/aromatic N) is 4. The van der Waals surface area contributed by atoms with Crippen molar-refractivity contribution >= 4 is 33.4 Å². The van der Waals surface area contributed by atoms with Crippen LogP contribution < -0.4 is 4.74 Å². The van der Waals surface area contributed by atoms with Gasteiger partial charge in [-0.3, -0.25) is 9.69 Å². The van der Waals surface area contributed by atoms with Gasteiger partial charge in [-0.25, -0.2) is 9.07 Å². The molecule has 1 aliphatic rings. The average Bonchev–Trinajstić information content (AvgIpc) is 3.22. The summed E-state index contributed by atoms with van der Waals surface area (Å²) in [6, 6.07) is 13.6. The minimum absolute atomic E-state index is 0.100. The molecule has 4 rings (SSSR count). The third kappa shape index (κ3) is 5.64. The maximum atomic E-state index is 13.4. The van der Waals surface area contributed by atoms with Gasteiger partial charge in [0.15, 0.2) is 12.4 Å². The molecule has 0 unspecified atom stereocenters. The number of hydrogen-bond acceptors (Lipinski definition) is 4. The van der Waals surface area contributed by atoms with E-state index in [9.17, 15) is 9.18 Å². The molecule has 0 saturated carbocycles. The van der Waals surface area contributed by atoms with Crippen LogP contribution in [0.1, 0.15) is 16.1 Å². The highest BCUT2D eigenvalue weighted by atomic mass is 79.9. The van der Waals surface area contributed by atoms with E-state index in [1.165, 1.54) is 6.07 Å². The SMILES string of the molecule is O=C(c1ccn(COc2ccc(Cl)cc2Br)n1)N1CCN(Cc2cccc(F)c2)CC1. The van der Waals surface area contributed by atoms with Crippen LogP contribution >= 0.6 is 27.5 Å². The van der Waals surface area contributed by atoms with E-state index in [-0.39, 0.29) is 18.5 Å². The Hall–Kier alpha value is -2.42. The minimum Gasteiger partial charge on any atom is -0.470 e. The van der Waals surface area contributed by atoms with Crippen molar-refractivity contribution in [1.82, 2.24) is 19.6 Å². The van der Waals surface area contributed by atoms with Crippen molar-refractivity contribution in [2.45, 2.75) is 13.3 Å². The maximum absolute atomic E-state index is 13.4. The molecule has 1 amide bonds. The molecular weight excluding hydrogens is 487 g/mol. The number of carbonyl (C=O) groups is 1. The molecule has 2 heterocycles. The van der Waals surface area contributed by atoms with Crippen molar-refractivity contribution in [1.29, 1.82) is 0 Å². The third-order valence-corrected chi connectivity index (χ3v) is 5.92. The Balaban J connectivity index is 1.29. The number of rotatable bonds is 6. The quantitative estimate of drug-likeness (QED) is 0.495. The summed E-state index contributed by atoms with van der Waals surface area (Å²) in [5.74, 6) is 0.313. The first-order chi connectivity index (χ1) is 15.0. The van der Waals surface area contributed by atoms with Crippen LogP contribution in [0.25, 0.3) is 0 Å². The van der Waals surface area contributed by atoms with Crippen molar-refractivity contribution in [2.75, 3.05) is 26.2 Å². The predicted octanol–water partition coefficient (Wildman–Crippen LogP) is 4.43. The number of hydrogen-bond donors (Lipinski definition) is 0. The number of halogens is 3. The zero-order chi connectivity index (χ0) is 21.8. The molecule has 162 valence electrons. The fraction of sp³-hybridized carbons (Fsp3) is 0.273. The topological polar surface area (TPSA) is 50.6 Å². The average molecular weight is 508 g/mol. The molecule has 0 aliphatic carbocycles. The molecule has 2 aromatic carbocycles. The van der Waals surface area contributed by atoms with Crippen LogP contribution in [0, 0.1) is 5.82 Å². The molecule has 0 radical (unpaired) electrons. The van der Waals surface area contributed by atoms with Crippen LogP contribution in [0.2, 0.25) is 5.02 Å². The van der Waals surface area contributed by atoms with E-state index in [0.29, 0.717) is 36.1 Å². The lowest BCUT2D eigenvalue weighted by Gasteiger charge is -2.34. The molecule has 6 nitrogen and oxygen atoms in total. The van der Waals surface area contributed by atoms with Crippen molar-refractivity contribution in [3.05, 3.63) is 81.3 Å². The molecule has 1 saturated heterocycles. The van der Waals surface area contributed by atoms with E-state index < -0.39 is 0 Å². The lowest BCUT2D eigenvalue weighted by Crippen LogP contribution is -2.48. The van der Waals surface area contributed by atoms with E-state index in [1.807, 2.05) is 6.07 Å². The van der Waals surface area contributed by atoms with Crippen LogP contribution in [0.3, 0.4) is 0 Å². The molecular formula is C22H21BrClFN4O2. The molecule has 0 N–H and O–H groups in total. The summed E-state index contributed by atoms with van der Waals surface area (Å²) in [7, 11) is 0. The van der Waals surface area contributed by atoms with Crippen LogP contribution in [-0.2, 0) is 13.3 Å². The number of benzene rings is 2.